The summed E-state index contributed by atoms with van der Waals surface area (Å²) in [6.45, 7) is 2.00. The van der Waals surface area contributed by atoms with Crippen molar-refractivity contribution in [1.82, 2.24) is 14.6 Å². The summed E-state index contributed by atoms with van der Waals surface area (Å²) in [6, 6.07) is 5.17. The highest BCUT2D eigenvalue weighted by Crippen LogP contribution is 2.26. The van der Waals surface area contributed by atoms with E-state index in [0.29, 0.717) is 17.2 Å². The maximum atomic E-state index is 11.9. The van der Waals surface area contributed by atoms with Crippen LogP contribution in [0.25, 0.3) is 16.2 Å². The molecule has 0 fully saturated rings. The van der Waals surface area contributed by atoms with E-state index in [-0.39, 0.29) is 5.56 Å². The highest BCUT2D eigenvalue weighted by molar-refractivity contribution is 7.13. The molecule has 3 rings (SSSR count). The smallest absolute Gasteiger partial charge is 0.273 e. The fourth-order valence-electron chi connectivity index (χ4n) is 1.76. The Hall–Kier alpha value is -2.08. The Morgan fingerprint density at radius 3 is 3.00 bits per heavy atom. The fourth-order valence-corrected chi connectivity index (χ4v) is 2.65. The molecule has 0 saturated carbocycles. The van der Waals surface area contributed by atoms with Crippen LogP contribution in [0.2, 0.25) is 0 Å². The quantitative estimate of drug-likeness (QED) is 0.685. The van der Waals surface area contributed by atoms with Gasteiger partial charge in [-0.15, -0.1) is 11.3 Å². The second-order valence-electron chi connectivity index (χ2n) is 3.82. The normalized spacial score (nSPS) is 11.1. The van der Waals surface area contributed by atoms with Gasteiger partial charge in [-0.1, -0.05) is 0 Å². The Morgan fingerprint density at radius 2 is 2.29 bits per heavy atom. The van der Waals surface area contributed by atoms with E-state index in [0.717, 1.165) is 10.4 Å². The van der Waals surface area contributed by atoms with Gasteiger partial charge in [0.2, 0.25) is 0 Å². The molecule has 0 unspecified atom stereocenters. The number of fused-ring (bicyclic) bond motifs is 1. The minimum atomic E-state index is -0.158. The zero-order chi connectivity index (χ0) is 12.0. The lowest BCUT2D eigenvalue weighted by Gasteiger charge is -1.99. The van der Waals surface area contributed by atoms with E-state index >= 15 is 0 Å². The molecule has 0 saturated heterocycles. The molecule has 3 heterocycles. The molecule has 86 valence electrons. The first-order chi connectivity index (χ1) is 8.15. The monoisotopic (exact) mass is 246 g/mol. The van der Waals surface area contributed by atoms with Gasteiger partial charge in [0, 0.05) is 12.1 Å². The van der Waals surface area contributed by atoms with E-state index in [4.69, 9.17) is 5.73 Å². The van der Waals surface area contributed by atoms with Crippen molar-refractivity contribution in [2.75, 3.05) is 5.73 Å². The number of hydrogen-bond donors (Lipinski definition) is 2. The topological polar surface area (TPSA) is 76.2 Å². The SMILES string of the molecule is Cc1ccsc1-c1cc(=O)n2[nH]c(N)cc2n1. The van der Waals surface area contributed by atoms with Crippen molar-refractivity contribution in [3.63, 3.8) is 0 Å². The molecular formula is C11H10N4OS. The van der Waals surface area contributed by atoms with E-state index in [1.54, 1.807) is 17.4 Å². The van der Waals surface area contributed by atoms with E-state index in [1.807, 2.05) is 18.4 Å². The summed E-state index contributed by atoms with van der Waals surface area (Å²) in [4.78, 5) is 17.3. The molecule has 0 bridgehead atoms. The number of nitrogens with one attached hydrogen (secondary N) is 1. The highest BCUT2D eigenvalue weighted by atomic mass is 32.1. The van der Waals surface area contributed by atoms with Gasteiger partial charge in [0.25, 0.3) is 5.56 Å². The van der Waals surface area contributed by atoms with Gasteiger partial charge in [-0.3, -0.25) is 9.89 Å². The van der Waals surface area contributed by atoms with E-state index in [1.165, 1.54) is 10.6 Å². The number of aromatic nitrogens is 3. The number of H-pyrrole nitrogens is 1. The first-order valence-corrected chi connectivity index (χ1v) is 5.96. The number of nitrogens with zero attached hydrogens (tertiary/aromatic N) is 2. The van der Waals surface area contributed by atoms with Gasteiger partial charge in [0.05, 0.1) is 10.6 Å². The maximum Gasteiger partial charge on any atom is 0.273 e. The third kappa shape index (κ3) is 1.53. The standard InChI is InChI=1S/C11H10N4OS/c1-6-2-3-17-11(6)7-4-10(16)15-9(13-7)5-8(12)14-15/h2-5,14H,12H2,1H3. The average Bonchev–Trinajstić information content (AvgIpc) is 2.83. The Labute approximate surface area is 101 Å². The predicted molar refractivity (Wildman–Crippen MR) is 68.3 cm³/mol. The minimum absolute atomic E-state index is 0.158. The molecule has 3 aromatic heterocycles. The van der Waals surface area contributed by atoms with Crippen molar-refractivity contribution in [2.45, 2.75) is 6.92 Å². The number of thiophene rings is 1. The van der Waals surface area contributed by atoms with E-state index in [9.17, 15) is 4.79 Å². The number of hydrogen-bond acceptors (Lipinski definition) is 4. The van der Waals surface area contributed by atoms with Crippen LogP contribution in [0.3, 0.4) is 0 Å². The summed E-state index contributed by atoms with van der Waals surface area (Å²) in [7, 11) is 0. The summed E-state index contributed by atoms with van der Waals surface area (Å²) in [6.07, 6.45) is 0. The summed E-state index contributed by atoms with van der Waals surface area (Å²) in [5, 5.41) is 4.72. The molecule has 6 heteroatoms. The van der Waals surface area contributed by atoms with Gasteiger partial charge < -0.3 is 5.73 Å². The molecule has 5 nitrogen and oxygen atoms in total. The molecule has 0 spiro atoms. The van der Waals surface area contributed by atoms with Crippen molar-refractivity contribution in [1.29, 1.82) is 0 Å². The third-order valence-corrected chi connectivity index (χ3v) is 3.60. The third-order valence-electron chi connectivity index (χ3n) is 2.56. The number of anilines is 1. The van der Waals surface area contributed by atoms with Crippen LogP contribution in [0.1, 0.15) is 5.56 Å². The molecule has 3 aromatic rings. The summed E-state index contributed by atoms with van der Waals surface area (Å²) in [5.41, 5.74) is 7.80. The first kappa shape index (κ1) is 10.1. The van der Waals surface area contributed by atoms with Crippen LogP contribution in [0, 0.1) is 6.92 Å². The molecule has 0 amide bonds. The minimum Gasteiger partial charge on any atom is -0.384 e. The van der Waals surface area contributed by atoms with Crippen molar-refractivity contribution in [3.05, 3.63) is 39.5 Å². The van der Waals surface area contributed by atoms with Gasteiger partial charge in [0.1, 0.15) is 5.82 Å². The lowest BCUT2D eigenvalue weighted by molar-refractivity contribution is 0.906. The van der Waals surface area contributed by atoms with Crippen molar-refractivity contribution in [2.24, 2.45) is 0 Å². The average molecular weight is 246 g/mol. The molecule has 3 N–H and O–H groups in total. The highest BCUT2D eigenvalue weighted by Gasteiger charge is 2.09. The fraction of sp³-hybridized carbons (Fsp3) is 0.0909. The van der Waals surface area contributed by atoms with Gasteiger partial charge in [-0.2, -0.15) is 4.52 Å². The Kier molecular flexibility index (Phi) is 2.05. The molecular weight excluding hydrogens is 236 g/mol. The van der Waals surface area contributed by atoms with Crippen LogP contribution in [-0.4, -0.2) is 14.6 Å². The summed E-state index contributed by atoms with van der Waals surface area (Å²) in [5.74, 6) is 0.426. The first-order valence-electron chi connectivity index (χ1n) is 5.08. The molecule has 0 aliphatic rings. The van der Waals surface area contributed by atoms with Crippen molar-refractivity contribution < 1.29 is 0 Å². The molecule has 0 aliphatic heterocycles. The molecule has 0 radical (unpaired) electrons. The molecule has 0 aliphatic carbocycles. The Balaban J connectivity index is 2.32. The molecule has 0 atom stereocenters. The zero-order valence-electron chi connectivity index (χ0n) is 9.10. The van der Waals surface area contributed by atoms with Gasteiger partial charge in [-0.05, 0) is 23.9 Å². The maximum absolute atomic E-state index is 11.9. The summed E-state index contributed by atoms with van der Waals surface area (Å²) >= 11 is 1.57. The second kappa shape index (κ2) is 3.46. The largest absolute Gasteiger partial charge is 0.384 e. The van der Waals surface area contributed by atoms with Crippen LogP contribution >= 0.6 is 11.3 Å². The number of nitrogens with two attached hydrogens (primary N) is 1. The van der Waals surface area contributed by atoms with Crippen molar-refractivity contribution >= 4 is 22.8 Å². The number of nitrogen functional groups attached to an aromatic ring is 1. The molecule has 0 aromatic carbocycles. The summed E-state index contributed by atoms with van der Waals surface area (Å²) < 4.78 is 1.34. The predicted octanol–water partition coefficient (Wildman–Crippen LogP) is 1.64. The second-order valence-corrected chi connectivity index (χ2v) is 4.73. The lowest BCUT2D eigenvalue weighted by Crippen LogP contribution is -2.14. The van der Waals surface area contributed by atoms with Crippen molar-refractivity contribution in [3.8, 4) is 10.6 Å². The Bertz CT molecular complexity index is 752. The van der Waals surface area contributed by atoms with Crippen LogP contribution in [0.4, 0.5) is 5.82 Å². The van der Waals surface area contributed by atoms with Crippen LogP contribution < -0.4 is 11.3 Å². The van der Waals surface area contributed by atoms with E-state index in [2.05, 4.69) is 10.1 Å². The van der Waals surface area contributed by atoms with Crippen LogP contribution in [0.5, 0.6) is 0 Å². The van der Waals surface area contributed by atoms with Gasteiger partial charge in [-0.25, -0.2) is 4.98 Å². The van der Waals surface area contributed by atoms with E-state index < -0.39 is 0 Å². The lowest BCUT2D eigenvalue weighted by atomic mass is 10.2. The van der Waals surface area contributed by atoms with Crippen LogP contribution in [-0.2, 0) is 0 Å². The number of rotatable bonds is 1. The van der Waals surface area contributed by atoms with Crippen LogP contribution in [0.15, 0.2) is 28.4 Å². The Morgan fingerprint density at radius 1 is 1.47 bits per heavy atom. The number of aromatic amines is 1. The van der Waals surface area contributed by atoms with Gasteiger partial charge in [0.15, 0.2) is 5.65 Å². The zero-order valence-corrected chi connectivity index (χ0v) is 9.91. The number of aryl methyl sites for hydroxylation is 1. The van der Waals surface area contributed by atoms with Gasteiger partial charge >= 0.3 is 0 Å². The molecule has 17 heavy (non-hydrogen) atoms.